The molecule has 0 bridgehead atoms. The second kappa shape index (κ2) is 7.81. The largest absolute Gasteiger partial charge is 0.453 e. The summed E-state index contributed by atoms with van der Waals surface area (Å²) < 4.78 is 6.64. The smallest absolute Gasteiger partial charge is 0.169 e. The Balaban J connectivity index is 2.40. The van der Waals surface area contributed by atoms with E-state index in [0.717, 1.165) is 23.4 Å². The molecule has 0 aliphatic carbocycles. The van der Waals surface area contributed by atoms with Crippen LogP contribution in [0, 0.1) is 5.92 Å². The van der Waals surface area contributed by atoms with Gasteiger partial charge in [0.25, 0.3) is 0 Å². The van der Waals surface area contributed by atoms with E-state index >= 15 is 0 Å². The lowest BCUT2D eigenvalue weighted by Crippen LogP contribution is -2.30. The van der Waals surface area contributed by atoms with Crippen molar-refractivity contribution in [2.75, 3.05) is 6.54 Å². The molecular weight excluding hydrogens is 326 g/mol. The molecule has 2 rings (SSSR count). The molecule has 3 unspecified atom stereocenters. The number of benzene rings is 1. The number of hydrogen-bond donors (Lipinski definition) is 1. The van der Waals surface area contributed by atoms with E-state index in [4.69, 9.17) is 4.42 Å². The average Bonchev–Trinajstić information content (AvgIpc) is 2.94. The molecule has 0 saturated heterocycles. The molecule has 0 spiro atoms. The highest BCUT2D eigenvalue weighted by Gasteiger charge is 2.30. The highest BCUT2D eigenvalue weighted by Crippen LogP contribution is 2.39. The molecule has 1 aromatic heterocycles. The Morgan fingerprint density at radius 3 is 2.33 bits per heavy atom. The van der Waals surface area contributed by atoms with Crippen LogP contribution in [0.4, 0.5) is 0 Å². The summed E-state index contributed by atoms with van der Waals surface area (Å²) in [4.78, 5) is 0. The summed E-state index contributed by atoms with van der Waals surface area (Å²) in [5, 5.41) is 3.61. The number of likely N-dealkylation sites (N-methyl/N-ethyl adjacent to an activating group) is 1. The van der Waals surface area contributed by atoms with Crippen LogP contribution in [-0.2, 0) is 0 Å². The Labute approximate surface area is 136 Å². The zero-order valence-electron chi connectivity index (χ0n) is 13.0. The molecule has 0 fully saturated rings. The van der Waals surface area contributed by atoms with Crippen molar-refractivity contribution in [3.63, 3.8) is 0 Å². The van der Waals surface area contributed by atoms with Gasteiger partial charge in [-0.2, -0.15) is 0 Å². The van der Waals surface area contributed by atoms with E-state index in [9.17, 15) is 0 Å². The molecule has 0 aliphatic rings. The number of nitrogens with one attached hydrogen (secondary N) is 1. The maximum atomic E-state index is 5.85. The fourth-order valence-corrected chi connectivity index (χ4v) is 3.22. The molecule has 1 heterocycles. The summed E-state index contributed by atoms with van der Waals surface area (Å²) in [7, 11) is 0. The van der Waals surface area contributed by atoms with Gasteiger partial charge < -0.3 is 9.73 Å². The third kappa shape index (κ3) is 3.98. The van der Waals surface area contributed by atoms with Gasteiger partial charge in [-0.3, -0.25) is 0 Å². The van der Waals surface area contributed by atoms with E-state index in [1.54, 1.807) is 0 Å². The SMILES string of the molecule is CCNC(c1ccc(Br)o1)C(c1ccccc1)C(C)CC. The van der Waals surface area contributed by atoms with E-state index in [0.29, 0.717) is 11.8 Å². The number of furan rings is 1. The lowest BCUT2D eigenvalue weighted by molar-refractivity contribution is 0.300. The van der Waals surface area contributed by atoms with Gasteiger partial charge in [-0.1, -0.05) is 57.5 Å². The number of hydrogen-bond acceptors (Lipinski definition) is 2. The Morgan fingerprint density at radius 2 is 1.81 bits per heavy atom. The Kier molecular flexibility index (Phi) is 6.07. The molecule has 21 heavy (non-hydrogen) atoms. The maximum absolute atomic E-state index is 5.85. The van der Waals surface area contributed by atoms with Crippen LogP contribution in [0.3, 0.4) is 0 Å². The Hall–Kier alpha value is -1.06. The summed E-state index contributed by atoms with van der Waals surface area (Å²) in [6.07, 6.45) is 1.14. The molecule has 114 valence electrons. The van der Waals surface area contributed by atoms with Gasteiger partial charge in [-0.25, -0.2) is 0 Å². The van der Waals surface area contributed by atoms with Crippen LogP contribution in [0.1, 0.15) is 50.5 Å². The van der Waals surface area contributed by atoms with E-state index < -0.39 is 0 Å². The Morgan fingerprint density at radius 1 is 1.10 bits per heavy atom. The predicted molar refractivity (Wildman–Crippen MR) is 91.5 cm³/mol. The van der Waals surface area contributed by atoms with Crippen LogP contribution in [0.2, 0.25) is 0 Å². The topological polar surface area (TPSA) is 25.2 Å². The van der Waals surface area contributed by atoms with Crippen LogP contribution < -0.4 is 5.32 Å². The van der Waals surface area contributed by atoms with Crippen molar-refractivity contribution >= 4 is 15.9 Å². The van der Waals surface area contributed by atoms with Gasteiger partial charge in [0.15, 0.2) is 4.67 Å². The van der Waals surface area contributed by atoms with Gasteiger partial charge >= 0.3 is 0 Å². The van der Waals surface area contributed by atoms with E-state index in [-0.39, 0.29) is 6.04 Å². The fraction of sp³-hybridized carbons (Fsp3) is 0.444. The third-order valence-corrected chi connectivity index (χ3v) is 4.55. The van der Waals surface area contributed by atoms with Gasteiger partial charge in [0.2, 0.25) is 0 Å². The molecule has 1 N–H and O–H groups in total. The van der Waals surface area contributed by atoms with Crippen LogP contribution in [-0.4, -0.2) is 6.54 Å². The van der Waals surface area contributed by atoms with Crippen molar-refractivity contribution in [3.05, 3.63) is 58.5 Å². The van der Waals surface area contributed by atoms with Crippen molar-refractivity contribution < 1.29 is 4.42 Å². The zero-order valence-corrected chi connectivity index (χ0v) is 14.6. The van der Waals surface area contributed by atoms with Crippen molar-refractivity contribution in [1.29, 1.82) is 0 Å². The monoisotopic (exact) mass is 349 g/mol. The summed E-state index contributed by atoms with van der Waals surface area (Å²) in [6.45, 7) is 7.63. The highest BCUT2D eigenvalue weighted by molar-refractivity contribution is 9.10. The molecular formula is C18H24BrNO. The quantitative estimate of drug-likeness (QED) is 0.711. The summed E-state index contributed by atoms with van der Waals surface area (Å²) in [5.74, 6) is 1.97. The molecule has 0 radical (unpaired) electrons. The summed E-state index contributed by atoms with van der Waals surface area (Å²) >= 11 is 3.42. The first-order valence-corrected chi connectivity index (χ1v) is 8.50. The highest BCUT2D eigenvalue weighted by atomic mass is 79.9. The second-order valence-corrected chi connectivity index (χ2v) is 6.28. The van der Waals surface area contributed by atoms with Crippen molar-refractivity contribution in [2.24, 2.45) is 5.92 Å². The number of rotatable bonds is 7. The van der Waals surface area contributed by atoms with Gasteiger partial charge in [0.05, 0.1) is 6.04 Å². The molecule has 2 nitrogen and oxygen atoms in total. The van der Waals surface area contributed by atoms with Crippen LogP contribution in [0.25, 0.3) is 0 Å². The van der Waals surface area contributed by atoms with Crippen molar-refractivity contribution in [1.82, 2.24) is 5.32 Å². The van der Waals surface area contributed by atoms with Gasteiger partial charge in [-0.15, -0.1) is 0 Å². The number of halogens is 1. The minimum absolute atomic E-state index is 0.193. The van der Waals surface area contributed by atoms with E-state index in [1.165, 1.54) is 5.56 Å². The lowest BCUT2D eigenvalue weighted by Gasteiger charge is -2.31. The molecule has 2 aromatic rings. The van der Waals surface area contributed by atoms with Crippen LogP contribution in [0.5, 0.6) is 0 Å². The first kappa shape index (κ1) is 16.3. The van der Waals surface area contributed by atoms with Crippen LogP contribution >= 0.6 is 15.9 Å². The lowest BCUT2D eigenvalue weighted by atomic mass is 9.79. The maximum Gasteiger partial charge on any atom is 0.169 e. The van der Waals surface area contributed by atoms with Gasteiger partial charge in [-0.05, 0) is 46.1 Å². The molecule has 0 amide bonds. The molecule has 3 heteroatoms. The average molecular weight is 350 g/mol. The molecule has 0 aliphatic heterocycles. The first-order chi connectivity index (χ1) is 10.2. The standard InChI is InChI=1S/C18H24BrNO/c1-4-13(3)17(14-9-7-6-8-10-14)18(20-5-2)15-11-12-16(19)21-15/h6-13,17-18,20H,4-5H2,1-3H3. The predicted octanol–water partition coefficient (Wildman–Crippen LogP) is 5.52. The van der Waals surface area contributed by atoms with Gasteiger partial charge in [0, 0.05) is 5.92 Å². The zero-order chi connectivity index (χ0) is 15.2. The van der Waals surface area contributed by atoms with Crippen LogP contribution in [0.15, 0.2) is 51.6 Å². The van der Waals surface area contributed by atoms with E-state index in [1.807, 2.05) is 6.07 Å². The minimum atomic E-state index is 0.193. The second-order valence-electron chi connectivity index (χ2n) is 5.50. The summed E-state index contributed by atoms with van der Waals surface area (Å²) in [5.41, 5.74) is 1.37. The molecule has 0 saturated carbocycles. The third-order valence-electron chi connectivity index (χ3n) is 4.13. The fourth-order valence-electron chi connectivity index (χ4n) is 2.90. The Bertz CT molecular complexity index is 537. The first-order valence-electron chi connectivity index (χ1n) is 7.70. The van der Waals surface area contributed by atoms with Gasteiger partial charge in [0.1, 0.15) is 5.76 Å². The minimum Gasteiger partial charge on any atom is -0.453 e. The summed E-state index contributed by atoms with van der Waals surface area (Å²) in [6, 6.07) is 15.0. The normalized spacial score (nSPS) is 15.6. The molecule has 1 aromatic carbocycles. The van der Waals surface area contributed by atoms with Crippen molar-refractivity contribution in [3.8, 4) is 0 Å². The van der Waals surface area contributed by atoms with Crippen molar-refractivity contribution in [2.45, 2.75) is 39.2 Å². The van der Waals surface area contributed by atoms with E-state index in [2.05, 4.69) is 78.4 Å². The molecule has 3 atom stereocenters.